The molecule has 0 bridgehead atoms. The molecule has 4 nitrogen and oxygen atoms in total. The average molecular weight is 283 g/mol. The smallest absolute Gasteiger partial charge is 0.274 e. The van der Waals surface area contributed by atoms with Gasteiger partial charge in [0.05, 0.1) is 11.9 Å². The van der Waals surface area contributed by atoms with Crippen LogP contribution in [0.1, 0.15) is 21.6 Å². The molecule has 0 aliphatic rings. The van der Waals surface area contributed by atoms with E-state index in [2.05, 4.69) is 10.3 Å². The second-order valence-corrected chi connectivity index (χ2v) is 5.01. The molecule has 3 rings (SSSR count). The Morgan fingerprint density at radius 3 is 2.76 bits per heavy atom. The van der Waals surface area contributed by atoms with Gasteiger partial charge >= 0.3 is 0 Å². The number of halogens is 1. The molecule has 0 saturated carbocycles. The van der Waals surface area contributed by atoms with Crippen LogP contribution >= 0.6 is 0 Å². The van der Waals surface area contributed by atoms with Gasteiger partial charge in [-0.25, -0.2) is 9.37 Å². The van der Waals surface area contributed by atoms with Gasteiger partial charge in [0.1, 0.15) is 17.2 Å². The highest BCUT2D eigenvalue weighted by Gasteiger charge is 2.14. The molecular weight excluding hydrogens is 269 g/mol. The SMILES string of the molecule is Cc1ccc(F)c(NC(=O)c2cnc3cc(C)ccn23)c1. The molecule has 0 radical (unpaired) electrons. The van der Waals surface area contributed by atoms with Crippen molar-refractivity contribution < 1.29 is 9.18 Å². The molecule has 0 spiro atoms. The lowest BCUT2D eigenvalue weighted by Crippen LogP contribution is -2.15. The summed E-state index contributed by atoms with van der Waals surface area (Å²) in [4.78, 5) is 16.5. The number of aryl methyl sites for hydroxylation is 2. The van der Waals surface area contributed by atoms with Crippen molar-refractivity contribution in [2.75, 3.05) is 5.32 Å². The second kappa shape index (κ2) is 5.01. The third-order valence-electron chi connectivity index (χ3n) is 3.27. The Bertz CT molecular complexity index is 839. The summed E-state index contributed by atoms with van der Waals surface area (Å²) in [6.45, 7) is 3.79. The van der Waals surface area contributed by atoms with Gasteiger partial charge in [-0.15, -0.1) is 0 Å². The molecule has 0 atom stereocenters. The van der Waals surface area contributed by atoms with Crippen molar-refractivity contribution in [2.24, 2.45) is 0 Å². The van der Waals surface area contributed by atoms with Crippen LogP contribution in [0.4, 0.5) is 10.1 Å². The number of carbonyl (C=O) groups is 1. The van der Waals surface area contributed by atoms with Gasteiger partial charge in [0.2, 0.25) is 0 Å². The zero-order chi connectivity index (χ0) is 15.0. The summed E-state index contributed by atoms with van der Waals surface area (Å²) in [5.74, 6) is -0.852. The van der Waals surface area contributed by atoms with E-state index in [9.17, 15) is 9.18 Å². The van der Waals surface area contributed by atoms with Crippen LogP contribution in [0.2, 0.25) is 0 Å². The molecule has 0 aliphatic carbocycles. The Morgan fingerprint density at radius 1 is 1.19 bits per heavy atom. The quantitative estimate of drug-likeness (QED) is 0.784. The van der Waals surface area contributed by atoms with Crippen LogP contribution < -0.4 is 5.32 Å². The lowest BCUT2D eigenvalue weighted by Gasteiger charge is -2.07. The maximum atomic E-state index is 13.7. The minimum absolute atomic E-state index is 0.169. The van der Waals surface area contributed by atoms with Crippen molar-refractivity contribution in [1.29, 1.82) is 0 Å². The van der Waals surface area contributed by atoms with Crippen LogP contribution in [0, 0.1) is 19.7 Å². The van der Waals surface area contributed by atoms with E-state index in [-0.39, 0.29) is 5.69 Å². The molecule has 1 amide bonds. The van der Waals surface area contributed by atoms with Gasteiger partial charge in [-0.05, 0) is 49.2 Å². The molecule has 0 aliphatic heterocycles. The van der Waals surface area contributed by atoms with Crippen molar-refractivity contribution in [2.45, 2.75) is 13.8 Å². The fraction of sp³-hybridized carbons (Fsp3) is 0.125. The number of amides is 1. The minimum atomic E-state index is -0.460. The molecule has 21 heavy (non-hydrogen) atoms. The Labute approximate surface area is 121 Å². The predicted octanol–water partition coefficient (Wildman–Crippen LogP) is 3.34. The van der Waals surface area contributed by atoms with Crippen LogP contribution in [-0.4, -0.2) is 15.3 Å². The number of fused-ring (bicyclic) bond motifs is 1. The highest BCUT2D eigenvalue weighted by Crippen LogP contribution is 2.17. The zero-order valence-corrected chi connectivity index (χ0v) is 11.7. The lowest BCUT2D eigenvalue weighted by atomic mass is 10.2. The topological polar surface area (TPSA) is 46.4 Å². The molecule has 106 valence electrons. The number of aromatic nitrogens is 2. The lowest BCUT2D eigenvalue weighted by molar-refractivity contribution is 0.102. The van der Waals surface area contributed by atoms with E-state index in [1.165, 1.54) is 12.3 Å². The van der Waals surface area contributed by atoms with Crippen molar-refractivity contribution in [1.82, 2.24) is 9.38 Å². The first-order valence-electron chi connectivity index (χ1n) is 6.56. The van der Waals surface area contributed by atoms with Crippen LogP contribution in [0.5, 0.6) is 0 Å². The number of anilines is 1. The summed E-state index contributed by atoms with van der Waals surface area (Å²) in [6, 6.07) is 8.36. The van der Waals surface area contributed by atoms with Gasteiger partial charge in [0.25, 0.3) is 5.91 Å². The molecule has 1 N–H and O–H groups in total. The van der Waals surface area contributed by atoms with Crippen molar-refractivity contribution in [3.63, 3.8) is 0 Å². The maximum absolute atomic E-state index is 13.7. The third-order valence-corrected chi connectivity index (χ3v) is 3.27. The number of benzene rings is 1. The normalized spacial score (nSPS) is 10.8. The monoisotopic (exact) mass is 283 g/mol. The average Bonchev–Trinajstić information content (AvgIpc) is 2.85. The summed E-state index contributed by atoms with van der Waals surface area (Å²) in [7, 11) is 0. The number of hydrogen-bond donors (Lipinski definition) is 1. The van der Waals surface area contributed by atoms with Gasteiger partial charge in [-0.3, -0.25) is 9.20 Å². The van der Waals surface area contributed by atoms with E-state index in [1.807, 2.05) is 26.0 Å². The van der Waals surface area contributed by atoms with Crippen LogP contribution in [0.3, 0.4) is 0 Å². The van der Waals surface area contributed by atoms with Crippen molar-refractivity contribution >= 4 is 17.2 Å². The number of rotatable bonds is 2. The Hall–Kier alpha value is -2.69. The molecule has 3 aromatic rings. The fourth-order valence-corrected chi connectivity index (χ4v) is 2.17. The number of nitrogens with zero attached hydrogens (tertiary/aromatic N) is 2. The number of imidazole rings is 1. The van der Waals surface area contributed by atoms with Crippen molar-refractivity contribution in [3.8, 4) is 0 Å². The Morgan fingerprint density at radius 2 is 1.95 bits per heavy atom. The molecule has 2 aromatic heterocycles. The van der Waals surface area contributed by atoms with E-state index in [4.69, 9.17) is 0 Å². The van der Waals surface area contributed by atoms with Gasteiger partial charge in [-0.2, -0.15) is 0 Å². The maximum Gasteiger partial charge on any atom is 0.274 e. The highest BCUT2D eigenvalue weighted by atomic mass is 19.1. The molecular formula is C16H14FN3O. The number of nitrogens with one attached hydrogen (secondary N) is 1. The summed E-state index contributed by atoms with van der Waals surface area (Å²) in [6.07, 6.45) is 3.26. The first kappa shape index (κ1) is 13.3. The first-order chi connectivity index (χ1) is 10.0. The Kier molecular flexibility index (Phi) is 3.17. The fourth-order valence-electron chi connectivity index (χ4n) is 2.17. The predicted molar refractivity (Wildman–Crippen MR) is 79.0 cm³/mol. The van der Waals surface area contributed by atoms with Gasteiger partial charge in [-0.1, -0.05) is 6.07 Å². The summed E-state index contributed by atoms with van der Waals surface area (Å²) in [5, 5.41) is 2.59. The van der Waals surface area contributed by atoms with Gasteiger partial charge < -0.3 is 5.32 Å². The summed E-state index contributed by atoms with van der Waals surface area (Å²) in [5.41, 5.74) is 3.16. The van der Waals surface area contributed by atoms with E-state index in [1.54, 1.807) is 22.7 Å². The van der Waals surface area contributed by atoms with Gasteiger partial charge in [0.15, 0.2) is 0 Å². The molecule has 2 heterocycles. The van der Waals surface area contributed by atoms with Crippen LogP contribution in [0.15, 0.2) is 42.7 Å². The van der Waals surface area contributed by atoms with E-state index in [0.717, 1.165) is 11.1 Å². The number of hydrogen-bond acceptors (Lipinski definition) is 2. The summed E-state index contributed by atoms with van der Waals surface area (Å²) >= 11 is 0. The highest BCUT2D eigenvalue weighted by molar-refractivity contribution is 6.03. The molecule has 0 unspecified atom stereocenters. The molecule has 5 heteroatoms. The third kappa shape index (κ3) is 2.50. The van der Waals surface area contributed by atoms with Crippen LogP contribution in [-0.2, 0) is 0 Å². The van der Waals surface area contributed by atoms with Gasteiger partial charge in [0, 0.05) is 6.20 Å². The first-order valence-corrected chi connectivity index (χ1v) is 6.56. The largest absolute Gasteiger partial charge is 0.318 e. The summed E-state index contributed by atoms with van der Waals surface area (Å²) < 4.78 is 15.4. The van der Waals surface area contributed by atoms with E-state index < -0.39 is 11.7 Å². The van der Waals surface area contributed by atoms with Crippen molar-refractivity contribution in [3.05, 3.63) is 65.4 Å². The molecule has 0 saturated heterocycles. The van der Waals surface area contributed by atoms with E-state index in [0.29, 0.717) is 11.3 Å². The minimum Gasteiger partial charge on any atom is -0.318 e. The standard InChI is InChI=1S/C16H14FN3O/c1-10-3-4-12(17)13(7-10)19-16(21)14-9-18-15-8-11(2)5-6-20(14)15/h3-9H,1-2H3,(H,19,21). The number of carbonyl (C=O) groups excluding carboxylic acids is 1. The number of pyridine rings is 1. The second-order valence-electron chi connectivity index (χ2n) is 5.01. The molecule has 0 fully saturated rings. The Balaban J connectivity index is 1.95. The van der Waals surface area contributed by atoms with Crippen LogP contribution in [0.25, 0.3) is 5.65 Å². The molecule has 1 aromatic carbocycles. The zero-order valence-electron chi connectivity index (χ0n) is 11.7. The van der Waals surface area contributed by atoms with E-state index >= 15 is 0 Å².